The van der Waals surface area contributed by atoms with Crippen LogP contribution < -0.4 is 5.32 Å². The van der Waals surface area contributed by atoms with E-state index < -0.39 is 23.7 Å². The summed E-state index contributed by atoms with van der Waals surface area (Å²) in [7, 11) is 1.24. The molecule has 1 unspecified atom stereocenters. The van der Waals surface area contributed by atoms with E-state index in [0.717, 1.165) is 0 Å². The molecule has 1 N–H and O–H groups in total. The molecule has 1 rings (SSSR count). The van der Waals surface area contributed by atoms with Crippen molar-refractivity contribution in [2.24, 2.45) is 5.92 Å². The second-order valence-electron chi connectivity index (χ2n) is 4.20. The number of rotatable bonds is 4. The van der Waals surface area contributed by atoms with Crippen LogP contribution in [0.2, 0.25) is 0 Å². The number of carbonyl (C=O) groups excluding carboxylic acids is 2. The SMILES string of the molecule is COC(=O)C(NC(=O)c1ccccc1F)C(C)C. The summed E-state index contributed by atoms with van der Waals surface area (Å²) < 4.78 is 18.0. The summed E-state index contributed by atoms with van der Waals surface area (Å²) in [6, 6.07) is 4.81. The van der Waals surface area contributed by atoms with Gasteiger partial charge in [-0.25, -0.2) is 9.18 Å². The lowest BCUT2D eigenvalue weighted by Crippen LogP contribution is -2.45. The fourth-order valence-corrected chi connectivity index (χ4v) is 1.49. The number of nitrogens with one attached hydrogen (secondary N) is 1. The maximum Gasteiger partial charge on any atom is 0.328 e. The second-order valence-corrected chi connectivity index (χ2v) is 4.20. The van der Waals surface area contributed by atoms with Gasteiger partial charge in [0.15, 0.2) is 0 Å². The van der Waals surface area contributed by atoms with Gasteiger partial charge in [-0.05, 0) is 18.1 Å². The molecule has 0 aromatic heterocycles. The molecule has 4 nitrogen and oxygen atoms in total. The van der Waals surface area contributed by atoms with Crippen molar-refractivity contribution in [1.29, 1.82) is 0 Å². The Bertz CT molecular complexity index is 446. The summed E-state index contributed by atoms with van der Waals surface area (Å²) >= 11 is 0. The number of ether oxygens (including phenoxy) is 1. The molecular weight excluding hydrogens is 237 g/mol. The average Bonchev–Trinajstić information content (AvgIpc) is 2.35. The third kappa shape index (κ3) is 3.29. The summed E-state index contributed by atoms with van der Waals surface area (Å²) in [4.78, 5) is 23.3. The van der Waals surface area contributed by atoms with E-state index in [2.05, 4.69) is 10.1 Å². The molecule has 0 heterocycles. The third-order valence-electron chi connectivity index (χ3n) is 2.53. The molecule has 1 aromatic rings. The standard InChI is InChI=1S/C13H16FNO3/c1-8(2)11(13(17)18-3)15-12(16)9-6-4-5-7-10(9)14/h4-8,11H,1-3H3,(H,15,16). The van der Waals surface area contributed by atoms with E-state index in [0.29, 0.717) is 0 Å². The molecule has 18 heavy (non-hydrogen) atoms. The molecule has 1 atom stereocenters. The van der Waals surface area contributed by atoms with Crippen LogP contribution in [0.3, 0.4) is 0 Å². The highest BCUT2D eigenvalue weighted by Crippen LogP contribution is 2.09. The summed E-state index contributed by atoms with van der Waals surface area (Å²) in [6.07, 6.45) is 0. The summed E-state index contributed by atoms with van der Waals surface area (Å²) in [5.41, 5.74) is -0.0907. The van der Waals surface area contributed by atoms with Gasteiger partial charge in [-0.15, -0.1) is 0 Å². The number of halogens is 1. The van der Waals surface area contributed by atoms with Gasteiger partial charge in [-0.2, -0.15) is 0 Å². The van der Waals surface area contributed by atoms with Gasteiger partial charge in [0.05, 0.1) is 12.7 Å². The predicted molar refractivity (Wildman–Crippen MR) is 64.5 cm³/mol. The van der Waals surface area contributed by atoms with Gasteiger partial charge in [0, 0.05) is 0 Å². The minimum atomic E-state index is -0.790. The van der Waals surface area contributed by atoms with Crippen molar-refractivity contribution in [3.8, 4) is 0 Å². The molecule has 0 aliphatic rings. The molecular formula is C13H16FNO3. The van der Waals surface area contributed by atoms with Gasteiger partial charge in [0.2, 0.25) is 0 Å². The Morgan fingerprint density at radius 3 is 2.39 bits per heavy atom. The number of carbonyl (C=O) groups is 2. The van der Waals surface area contributed by atoms with Crippen molar-refractivity contribution in [1.82, 2.24) is 5.32 Å². The van der Waals surface area contributed by atoms with Crippen molar-refractivity contribution in [3.63, 3.8) is 0 Å². The average molecular weight is 253 g/mol. The number of esters is 1. The molecule has 0 bridgehead atoms. The topological polar surface area (TPSA) is 55.4 Å². The van der Waals surface area contributed by atoms with E-state index in [9.17, 15) is 14.0 Å². The second kappa shape index (κ2) is 6.14. The lowest BCUT2D eigenvalue weighted by atomic mass is 10.0. The molecule has 1 amide bonds. The number of amides is 1. The van der Waals surface area contributed by atoms with E-state index in [4.69, 9.17) is 0 Å². The van der Waals surface area contributed by atoms with Crippen LogP contribution in [-0.4, -0.2) is 25.0 Å². The van der Waals surface area contributed by atoms with Crippen LogP contribution >= 0.6 is 0 Å². The van der Waals surface area contributed by atoms with Crippen LogP contribution in [0.4, 0.5) is 4.39 Å². The van der Waals surface area contributed by atoms with E-state index in [1.165, 1.54) is 25.3 Å². The zero-order chi connectivity index (χ0) is 13.7. The molecule has 0 saturated heterocycles. The first-order valence-corrected chi connectivity index (χ1v) is 5.60. The molecule has 0 saturated carbocycles. The Morgan fingerprint density at radius 2 is 1.89 bits per heavy atom. The van der Waals surface area contributed by atoms with Crippen molar-refractivity contribution in [2.75, 3.05) is 7.11 Å². The van der Waals surface area contributed by atoms with E-state index in [-0.39, 0.29) is 11.5 Å². The molecule has 0 spiro atoms. The summed E-state index contributed by atoms with van der Waals surface area (Å²) in [5.74, 6) is -1.94. The van der Waals surface area contributed by atoms with E-state index in [1.807, 2.05) is 0 Å². The van der Waals surface area contributed by atoms with Crippen LogP contribution in [-0.2, 0) is 9.53 Å². The molecule has 0 fully saturated rings. The number of methoxy groups -OCH3 is 1. The fourth-order valence-electron chi connectivity index (χ4n) is 1.49. The molecule has 5 heteroatoms. The summed E-state index contributed by atoms with van der Waals surface area (Å²) in [5, 5.41) is 2.47. The largest absolute Gasteiger partial charge is 0.467 e. The van der Waals surface area contributed by atoms with Crippen LogP contribution in [0, 0.1) is 11.7 Å². The predicted octanol–water partition coefficient (Wildman–Crippen LogP) is 1.75. The van der Waals surface area contributed by atoms with Crippen molar-refractivity contribution in [2.45, 2.75) is 19.9 Å². The highest BCUT2D eigenvalue weighted by atomic mass is 19.1. The van der Waals surface area contributed by atoms with Gasteiger partial charge in [-0.3, -0.25) is 4.79 Å². The Hall–Kier alpha value is -1.91. The maximum atomic E-state index is 13.4. The van der Waals surface area contributed by atoms with Gasteiger partial charge >= 0.3 is 5.97 Å². The van der Waals surface area contributed by atoms with Crippen molar-refractivity contribution in [3.05, 3.63) is 35.6 Å². The van der Waals surface area contributed by atoms with E-state index in [1.54, 1.807) is 19.9 Å². The van der Waals surface area contributed by atoms with E-state index >= 15 is 0 Å². The lowest BCUT2D eigenvalue weighted by molar-refractivity contribution is -0.144. The highest BCUT2D eigenvalue weighted by molar-refractivity contribution is 5.97. The Balaban J connectivity index is 2.86. The summed E-state index contributed by atoms with van der Waals surface area (Å²) in [6.45, 7) is 3.53. The minimum absolute atomic E-state index is 0.0907. The van der Waals surface area contributed by atoms with Gasteiger partial charge < -0.3 is 10.1 Å². The molecule has 1 aromatic carbocycles. The molecule has 0 aliphatic carbocycles. The lowest BCUT2D eigenvalue weighted by Gasteiger charge is -2.19. The zero-order valence-corrected chi connectivity index (χ0v) is 10.6. The van der Waals surface area contributed by atoms with Crippen LogP contribution in [0.15, 0.2) is 24.3 Å². The molecule has 0 radical (unpaired) electrons. The van der Waals surface area contributed by atoms with Crippen molar-refractivity contribution >= 4 is 11.9 Å². The van der Waals surface area contributed by atoms with Gasteiger partial charge in [0.25, 0.3) is 5.91 Å². The third-order valence-corrected chi connectivity index (χ3v) is 2.53. The highest BCUT2D eigenvalue weighted by Gasteiger charge is 2.26. The first kappa shape index (κ1) is 14.2. The zero-order valence-electron chi connectivity index (χ0n) is 10.6. The van der Waals surface area contributed by atoms with Crippen LogP contribution in [0.1, 0.15) is 24.2 Å². The Kier molecular flexibility index (Phi) is 4.83. The maximum absolute atomic E-state index is 13.4. The van der Waals surface area contributed by atoms with Crippen LogP contribution in [0.5, 0.6) is 0 Å². The molecule has 98 valence electrons. The number of hydrogen-bond acceptors (Lipinski definition) is 3. The number of benzene rings is 1. The smallest absolute Gasteiger partial charge is 0.328 e. The first-order chi connectivity index (χ1) is 8.47. The van der Waals surface area contributed by atoms with Gasteiger partial charge in [-0.1, -0.05) is 26.0 Å². The minimum Gasteiger partial charge on any atom is -0.467 e. The van der Waals surface area contributed by atoms with Crippen molar-refractivity contribution < 1.29 is 18.7 Å². The van der Waals surface area contributed by atoms with Crippen LogP contribution in [0.25, 0.3) is 0 Å². The normalized spacial score (nSPS) is 12.1. The Morgan fingerprint density at radius 1 is 1.28 bits per heavy atom. The number of hydrogen-bond donors (Lipinski definition) is 1. The quantitative estimate of drug-likeness (QED) is 0.832. The first-order valence-electron chi connectivity index (χ1n) is 5.60. The van der Waals surface area contributed by atoms with Gasteiger partial charge in [0.1, 0.15) is 11.9 Å². The molecule has 0 aliphatic heterocycles. The Labute approximate surface area is 105 Å². The fraction of sp³-hybridized carbons (Fsp3) is 0.385. The monoisotopic (exact) mass is 253 g/mol.